The molecule has 0 spiro atoms. The largest absolute Gasteiger partial charge is 0.354 e. The number of hydrogen-bond acceptors (Lipinski definition) is 5. The maximum atomic E-state index is 13.4. The molecule has 7 heteroatoms. The van der Waals surface area contributed by atoms with Gasteiger partial charge in [0.15, 0.2) is 0 Å². The van der Waals surface area contributed by atoms with Crippen LogP contribution < -0.4 is 4.90 Å². The number of piperazine rings is 1. The minimum absolute atomic E-state index is 0.00267. The van der Waals surface area contributed by atoms with E-state index in [2.05, 4.69) is 21.7 Å². The van der Waals surface area contributed by atoms with Crippen LogP contribution in [-0.2, 0) is 0 Å². The summed E-state index contributed by atoms with van der Waals surface area (Å²) in [5, 5.41) is 10.7. The number of rotatable bonds is 4. The first kappa shape index (κ1) is 16.3. The van der Waals surface area contributed by atoms with E-state index < -0.39 is 4.92 Å². The van der Waals surface area contributed by atoms with E-state index in [1.54, 1.807) is 18.2 Å². The van der Waals surface area contributed by atoms with Crippen molar-refractivity contribution < 1.29 is 9.31 Å². The van der Waals surface area contributed by atoms with E-state index in [1.807, 2.05) is 6.07 Å². The molecule has 2 aromatic rings. The van der Waals surface area contributed by atoms with Gasteiger partial charge >= 0.3 is 0 Å². The Balaban J connectivity index is 1.62. The van der Waals surface area contributed by atoms with Crippen molar-refractivity contribution in [1.29, 1.82) is 0 Å². The number of nitrogens with zero attached hydrogens (tertiary/aromatic N) is 4. The monoisotopic (exact) mass is 330 g/mol. The molecule has 0 unspecified atom stereocenters. The highest BCUT2D eigenvalue weighted by atomic mass is 19.1. The second-order valence-corrected chi connectivity index (χ2v) is 5.89. The average Bonchev–Trinajstić information content (AvgIpc) is 2.61. The second-order valence-electron chi connectivity index (χ2n) is 5.89. The van der Waals surface area contributed by atoms with Crippen molar-refractivity contribution in [2.24, 2.45) is 0 Å². The third-order valence-electron chi connectivity index (χ3n) is 4.46. The third-order valence-corrected chi connectivity index (χ3v) is 4.46. The Morgan fingerprint density at radius 3 is 2.54 bits per heavy atom. The lowest BCUT2D eigenvalue weighted by molar-refractivity contribution is -0.385. The lowest BCUT2D eigenvalue weighted by atomic mass is 10.1. The van der Waals surface area contributed by atoms with Gasteiger partial charge < -0.3 is 4.90 Å². The van der Waals surface area contributed by atoms with Gasteiger partial charge in [0, 0.05) is 38.3 Å². The van der Waals surface area contributed by atoms with Crippen LogP contribution in [0.25, 0.3) is 0 Å². The number of anilines is 1. The molecule has 0 radical (unpaired) electrons. The first-order valence-corrected chi connectivity index (χ1v) is 7.89. The molecule has 1 aromatic carbocycles. The fourth-order valence-corrected chi connectivity index (χ4v) is 2.99. The fraction of sp³-hybridized carbons (Fsp3) is 0.353. The molecule has 1 fully saturated rings. The van der Waals surface area contributed by atoms with Gasteiger partial charge in [0.05, 0.1) is 4.92 Å². The standard InChI is InChI=1S/C17H19FN4O2/c1-13(14-3-2-4-15(18)11-14)20-7-9-21(10-8-20)17-6-5-16(12-19-17)22(23)24/h2-6,11-13H,7-10H2,1H3/t13-/m0/s1. The van der Waals surface area contributed by atoms with Gasteiger partial charge in [-0.25, -0.2) is 9.37 Å². The third kappa shape index (κ3) is 3.51. The zero-order chi connectivity index (χ0) is 17.1. The molecule has 24 heavy (non-hydrogen) atoms. The molecule has 1 aliphatic heterocycles. The van der Waals surface area contributed by atoms with Crippen molar-refractivity contribution in [3.8, 4) is 0 Å². The molecule has 1 atom stereocenters. The van der Waals surface area contributed by atoms with Crippen molar-refractivity contribution in [2.45, 2.75) is 13.0 Å². The molecule has 126 valence electrons. The summed E-state index contributed by atoms with van der Waals surface area (Å²) < 4.78 is 13.4. The predicted octanol–water partition coefficient (Wildman–Crippen LogP) is 3.01. The molecule has 1 aliphatic rings. The molecular weight excluding hydrogens is 311 g/mol. The normalized spacial score (nSPS) is 16.8. The van der Waals surface area contributed by atoms with Crippen LogP contribution in [-0.4, -0.2) is 41.0 Å². The highest BCUT2D eigenvalue weighted by molar-refractivity contribution is 5.43. The Kier molecular flexibility index (Phi) is 4.71. The van der Waals surface area contributed by atoms with Gasteiger partial charge in [0.25, 0.3) is 5.69 Å². The number of pyridine rings is 1. The lowest BCUT2D eigenvalue weighted by Gasteiger charge is -2.38. The lowest BCUT2D eigenvalue weighted by Crippen LogP contribution is -2.47. The van der Waals surface area contributed by atoms with Crippen LogP contribution in [0.1, 0.15) is 18.5 Å². The van der Waals surface area contributed by atoms with E-state index in [-0.39, 0.29) is 17.5 Å². The van der Waals surface area contributed by atoms with E-state index in [0.29, 0.717) is 0 Å². The highest BCUT2D eigenvalue weighted by Crippen LogP contribution is 2.24. The van der Waals surface area contributed by atoms with Gasteiger partial charge in [0.1, 0.15) is 17.8 Å². The summed E-state index contributed by atoms with van der Waals surface area (Å²) in [7, 11) is 0. The Labute approximate surface area is 139 Å². The van der Waals surface area contributed by atoms with Crippen molar-refractivity contribution in [3.63, 3.8) is 0 Å². The van der Waals surface area contributed by atoms with Crippen LogP contribution in [0.5, 0.6) is 0 Å². The average molecular weight is 330 g/mol. The second kappa shape index (κ2) is 6.92. The first-order chi connectivity index (χ1) is 11.5. The van der Waals surface area contributed by atoms with E-state index >= 15 is 0 Å². The van der Waals surface area contributed by atoms with Crippen molar-refractivity contribution >= 4 is 11.5 Å². The summed E-state index contributed by atoms with van der Waals surface area (Å²) in [5.74, 6) is 0.534. The van der Waals surface area contributed by atoms with Crippen LogP contribution in [0.3, 0.4) is 0 Å². The molecule has 0 N–H and O–H groups in total. The summed E-state index contributed by atoms with van der Waals surface area (Å²) in [6.07, 6.45) is 1.29. The molecule has 6 nitrogen and oxygen atoms in total. The number of halogens is 1. The minimum Gasteiger partial charge on any atom is -0.354 e. The molecule has 3 rings (SSSR count). The van der Waals surface area contributed by atoms with Crippen LogP contribution in [0.2, 0.25) is 0 Å². The highest BCUT2D eigenvalue weighted by Gasteiger charge is 2.23. The summed E-state index contributed by atoms with van der Waals surface area (Å²) in [6.45, 7) is 5.30. The molecule has 0 saturated carbocycles. The number of nitro groups is 1. The number of hydrogen-bond donors (Lipinski definition) is 0. The Bertz CT molecular complexity index is 715. The summed E-state index contributed by atoms with van der Waals surface area (Å²) in [4.78, 5) is 18.8. The predicted molar refractivity (Wildman–Crippen MR) is 89.5 cm³/mol. The summed E-state index contributed by atoms with van der Waals surface area (Å²) in [5.41, 5.74) is 0.967. The van der Waals surface area contributed by atoms with E-state index in [4.69, 9.17) is 0 Å². The molecule has 2 heterocycles. The Morgan fingerprint density at radius 2 is 1.96 bits per heavy atom. The van der Waals surface area contributed by atoms with Gasteiger partial charge in [-0.3, -0.25) is 15.0 Å². The smallest absolute Gasteiger partial charge is 0.287 e. The fourth-order valence-electron chi connectivity index (χ4n) is 2.99. The van der Waals surface area contributed by atoms with Gasteiger partial charge in [-0.1, -0.05) is 12.1 Å². The van der Waals surface area contributed by atoms with E-state index in [1.165, 1.54) is 18.3 Å². The van der Waals surface area contributed by atoms with Crippen LogP contribution in [0, 0.1) is 15.9 Å². The zero-order valence-electron chi connectivity index (χ0n) is 13.4. The van der Waals surface area contributed by atoms with Crippen molar-refractivity contribution in [2.75, 3.05) is 31.1 Å². The van der Waals surface area contributed by atoms with Gasteiger partial charge in [-0.15, -0.1) is 0 Å². The molecule has 1 aromatic heterocycles. The van der Waals surface area contributed by atoms with Gasteiger partial charge in [-0.05, 0) is 30.7 Å². The van der Waals surface area contributed by atoms with Crippen LogP contribution in [0.15, 0.2) is 42.6 Å². The Morgan fingerprint density at radius 1 is 1.21 bits per heavy atom. The summed E-state index contributed by atoms with van der Waals surface area (Å²) in [6, 6.07) is 10.0. The van der Waals surface area contributed by atoms with Crippen LogP contribution >= 0.6 is 0 Å². The van der Waals surface area contributed by atoms with Crippen molar-refractivity contribution in [3.05, 3.63) is 64.1 Å². The van der Waals surface area contributed by atoms with E-state index in [9.17, 15) is 14.5 Å². The maximum Gasteiger partial charge on any atom is 0.287 e. The van der Waals surface area contributed by atoms with Crippen molar-refractivity contribution in [1.82, 2.24) is 9.88 Å². The zero-order valence-corrected chi connectivity index (χ0v) is 13.4. The SMILES string of the molecule is C[C@@H](c1cccc(F)c1)N1CCN(c2ccc([N+](=O)[O-])cn2)CC1. The van der Waals surface area contributed by atoms with E-state index in [0.717, 1.165) is 37.6 Å². The van der Waals surface area contributed by atoms with Gasteiger partial charge in [0.2, 0.25) is 0 Å². The Hall–Kier alpha value is -2.54. The van der Waals surface area contributed by atoms with Gasteiger partial charge in [-0.2, -0.15) is 0 Å². The molecule has 0 bridgehead atoms. The quantitative estimate of drug-likeness (QED) is 0.637. The maximum absolute atomic E-state index is 13.4. The molecule has 0 amide bonds. The molecule has 1 saturated heterocycles. The number of benzene rings is 1. The first-order valence-electron chi connectivity index (χ1n) is 7.89. The molecular formula is C17H19FN4O2. The summed E-state index contributed by atoms with van der Waals surface area (Å²) >= 11 is 0. The topological polar surface area (TPSA) is 62.5 Å². The van der Waals surface area contributed by atoms with Crippen LogP contribution in [0.4, 0.5) is 15.9 Å². The minimum atomic E-state index is -0.449. The number of aromatic nitrogens is 1. The molecule has 0 aliphatic carbocycles.